The Labute approximate surface area is 98.9 Å². The maximum atomic E-state index is 11.1. The van der Waals surface area contributed by atoms with Crippen molar-refractivity contribution >= 4 is 10.8 Å². The molecule has 0 bridgehead atoms. The third-order valence-electron chi connectivity index (χ3n) is 3.32. The lowest BCUT2D eigenvalue weighted by molar-refractivity contribution is 0.478. The summed E-state index contributed by atoms with van der Waals surface area (Å²) in [5.41, 5.74) is 1.45. The summed E-state index contributed by atoms with van der Waals surface area (Å²) in [5, 5.41) is 3.39. The summed E-state index contributed by atoms with van der Waals surface area (Å²) in [7, 11) is -0.738. The van der Waals surface area contributed by atoms with Crippen LogP contribution in [0.15, 0.2) is 12.5 Å². The zero-order chi connectivity index (χ0) is 11.6. The number of rotatable bonds is 4. The van der Waals surface area contributed by atoms with E-state index in [9.17, 15) is 4.21 Å². The van der Waals surface area contributed by atoms with Gasteiger partial charge in [0.2, 0.25) is 0 Å². The van der Waals surface area contributed by atoms with Crippen LogP contribution in [0.4, 0.5) is 0 Å². The number of hydrogen-bond donors (Lipinski definition) is 1. The molecule has 2 rings (SSSR count). The van der Waals surface area contributed by atoms with E-state index in [1.807, 2.05) is 12.5 Å². The van der Waals surface area contributed by atoms with E-state index in [0.29, 0.717) is 5.75 Å². The zero-order valence-electron chi connectivity index (χ0n) is 9.90. The van der Waals surface area contributed by atoms with Crippen LogP contribution in [0.25, 0.3) is 0 Å². The van der Waals surface area contributed by atoms with E-state index in [-0.39, 0.29) is 5.41 Å². The zero-order valence-corrected chi connectivity index (χ0v) is 10.7. The molecule has 0 amide bonds. The van der Waals surface area contributed by atoms with Crippen LogP contribution < -0.4 is 5.32 Å². The van der Waals surface area contributed by atoms with Crippen molar-refractivity contribution < 1.29 is 4.21 Å². The van der Waals surface area contributed by atoms with Gasteiger partial charge in [0.05, 0.1) is 6.33 Å². The maximum Gasteiger partial charge on any atom is 0.0948 e. The summed E-state index contributed by atoms with van der Waals surface area (Å²) in [5.74, 6) is 0.701. The summed E-state index contributed by atoms with van der Waals surface area (Å²) in [6, 6.07) is 0. The predicted octanol–water partition coefficient (Wildman–Crippen LogP) is 0.513. The second-order valence-corrected chi connectivity index (χ2v) is 6.29. The molecule has 4 nitrogen and oxygen atoms in total. The highest BCUT2D eigenvalue weighted by molar-refractivity contribution is 7.84. The van der Waals surface area contributed by atoms with Gasteiger partial charge in [-0.3, -0.25) is 4.21 Å². The molecule has 90 valence electrons. The fourth-order valence-electron chi connectivity index (χ4n) is 2.26. The lowest BCUT2D eigenvalue weighted by atomic mass is 9.86. The summed E-state index contributed by atoms with van der Waals surface area (Å²) < 4.78 is 13.3. The Bertz CT molecular complexity index is 382. The van der Waals surface area contributed by atoms with Crippen LogP contribution in [0.3, 0.4) is 0 Å². The van der Waals surface area contributed by atoms with Crippen LogP contribution in [-0.2, 0) is 22.8 Å². The Kier molecular flexibility index (Phi) is 3.44. The van der Waals surface area contributed by atoms with Gasteiger partial charge in [0.25, 0.3) is 0 Å². The molecular weight excluding hydrogens is 222 g/mol. The number of hydrogen-bond acceptors (Lipinski definition) is 3. The molecule has 1 saturated heterocycles. The van der Waals surface area contributed by atoms with Gasteiger partial charge in [0.1, 0.15) is 0 Å². The Morgan fingerprint density at radius 3 is 3.12 bits per heavy atom. The highest BCUT2D eigenvalue weighted by Crippen LogP contribution is 2.29. The number of imidazole rings is 1. The molecule has 1 aliphatic rings. The Morgan fingerprint density at radius 1 is 1.69 bits per heavy atom. The van der Waals surface area contributed by atoms with E-state index in [4.69, 9.17) is 0 Å². The highest BCUT2D eigenvalue weighted by Gasteiger charge is 2.33. The smallest absolute Gasteiger partial charge is 0.0948 e. The quantitative estimate of drug-likeness (QED) is 0.835. The number of nitrogens with zero attached hydrogens (tertiary/aromatic N) is 2. The molecule has 0 saturated carbocycles. The van der Waals surface area contributed by atoms with Crippen molar-refractivity contribution in [2.45, 2.75) is 25.3 Å². The molecule has 1 aromatic rings. The Balaban J connectivity index is 2.15. The molecular formula is C11H19N3OS. The highest BCUT2D eigenvalue weighted by atomic mass is 32.2. The van der Waals surface area contributed by atoms with Gasteiger partial charge in [-0.05, 0) is 13.0 Å². The second kappa shape index (κ2) is 4.67. The summed E-state index contributed by atoms with van der Waals surface area (Å²) in [6.07, 6.45) is 6.70. The van der Waals surface area contributed by atoms with Gasteiger partial charge in [0, 0.05) is 53.2 Å². The van der Waals surface area contributed by atoms with Crippen LogP contribution in [0.1, 0.15) is 19.0 Å². The third kappa shape index (κ3) is 2.35. The van der Waals surface area contributed by atoms with E-state index in [1.54, 1.807) is 6.26 Å². The normalized spacial score (nSPS) is 27.1. The molecule has 5 heteroatoms. The number of nitrogens with one attached hydrogen (secondary N) is 1. The van der Waals surface area contributed by atoms with Gasteiger partial charge >= 0.3 is 0 Å². The summed E-state index contributed by atoms with van der Waals surface area (Å²) in [6.45, 7) is 5.15. The summed E-state index contributed by atoms with van der Waals surface area (Å²) in [4.78, 5) is 4.23. The minimum absolute atomic E-state index is 0.186. The van der Waals surface area contributed by atoms with Crippen molar-refractivity contribution in [2.24, 2.45) is 0 Å². The average molecular weight is 241 g/mol. The molecule has 0 spiro atoms. The maximum absolute atomic E-state index is 11.1. The molecule has 1 fully saturated rings. The number of aryl methyl sites for hydroxylation is 1. The minimum Gasteiger partial charge on any atom is -0.333 e. The molecule has 0 radical (unpaired) electrons. The van der Waals surface area contributed by atoms with Crippen LogP contribution in [0.2, 0.25) is 0 Å². The molecule has 0 aliphatic carbocycles. The van der Waals surface area contributed by atoms with Crippen molar-refractivity contribution in [2.75, 3.05) is 25.1 Å². The lowest BCUT2D eigenvalue weighted by Gasteiger charge is -2.24. The first-order chi connectivity index (χ1) is 7.62. The van der Waals surface area contributed by atoms with Crippen molar-refractivity contribution in [3.05, 3.63) is 18.2 Å². The molecule has 2 unspecified atom stereocenters. The van der Waals surface area contributed by atoms with Gasteiger partial charge in [-0.2, -0.15) is 0 Å². The largest absolute Gasteiger partial charge is 0.333 e. The van der Waals surface area contributed by atoms with Crippen LogP contribution in [-0.4, -0.2) is 38.9 Å². The first kappa shape index (κ1) is 11.8. The van der Waals surface area contributed by atoms with Gasteiger partial charge < -0.3 is 9.88 Å². The first-order valence-corrected chi connectivity index (χ1v) is 7.36. The fraction of sp³-hybridized carbons (Fsp3) is 0.727. The van der Waals surface area contributed by atoms with E-state index < -0.39 is 10.8 Å². The molecule has 1 aromatic heterocycles. The molecule has 2 atom stereocenters. The second-order valence-electron chi connectivity index (χ2n) is 4.74. The van der Waals surface area contributed by atoms with Crippen LogP contribution in [0, 0.1) is 0 Å². The van der Waals surface area contributed by atoms with Crippen molar-refractivity contribution in [3.63, 3.8) is 0 Å². The average Bonchev–Trinajstić information content (AvgIpc) is 2.83. The minimum atomic E-state index is -0.738. The SMILES string of the molecule is CS(=O)CCn1cncc1C1(C)CCNC1. The summed E-state index contributed by atoms with van der Waals surface area (Å²) >= 11 is 0. The number of aromatic nitrogens is 2. The van der Waals surface area contributed by atoms with Crippen molar-refractivity contribution in [3.8, 4) is 0 Å². The van der Waals surface area contributed by atoms with E-state index in [1.165, 1.54) is 5.69 Å². The van der Waals surface area contributed by atoms with Crippen molar-refractivity contribution in [1.29, 1.82) is 0 Å². The topological polar surface area (TPSA) is 46.9 Å². The Hall–Kier alpha value is -0.680. The van der Waals surface area contributed by atoms with Gasteiger partial charge in [-0.1, -0.05) is 6.92 Å². The van der Waals surface area contributed by atoms with Gasteiger partial charge in [-0.15, -0.1) is 0 Å². The van der Waals surface area contributed by atoms with E-state index >= 15 is 0 Å². The fourth-order valence-corrected chi connectivity index (χ4v) is 2.72. The molecule has 1 N–H and O–H groups in total. The molecule has 1 aliphatic heterocycles. The molecule has 2 heterocycles. The third-order valence-corrected chi connectivity index (χ3v) is 4.08. The molecule has 16 heavy (non-hydrogen) atoms. The van der Waals surface area contributed by atoms with Gasteiger partial charge in [0.15, 0.2) is 0 Å². The van der Waals surface area contributed by atoms with Crippen LogP contribution in [0.5, 0.6) is 0 Å². The van der Waals surface area contributed by atoms with E-state index in [0.717, 1.165) is 26.1 Å². The predicted molar refractivity (Wildman–Crippen MR) is 66.0 cm³/mol. The standard InChI is InChI=1S/C11H19N3OS/c1-11(3-4-12-8-11)10-7-13-9-14(10)5-6-16(2)15/h7,9,12H,3-6,8H2,1-2H3. The van der Waals surface area contributed by atoms with Gasteiger partial charge in [-0.25, -0.2) is 4.98 Å². The van der Waals surface area contributed by atoms with Crippen molar-refractivity contribution in [1.82, 2.24) is 14.9 Å². The monoisotopic (exact) mass is 241 g/mol. The van der Waals surface area contributed by atoms with E-state index in [2.05, 4.69) is 21.8 Å². The van der Waals surface area contributed by atoms with Crippen LogP contribution >= 0.6 is 0 Å². The first-order valence-electron chi connectivity index (χ1n) is 5.63. The Morgan fingerprint density at radius 2 is 2.50 bits per heavy atom. The molecule has 0 aromatic carbocycles. The lowest BCUT2D eigenvalue weighted by Crippen LogP contribution is -2.28.